The number of hydrogen-bond donors (Lipinski definition) is 1. The molecule has 0 spiro atoms. The minimum atomic E-state index is 0.0282. The van der Waals surface area contributed by atoms with Gasteiger partial charge in [-0.2, -0.15) is 0 Å². The van der Waals surface area contributed by atoms with Crippen molar-refractivity contribution in [1.29, 1.82) is 0 Å². The third kappa shape index (κ3) is 1.62. The van der Waals surface area contributed by atoms with E-state index in [-0.39, 0.29) is 5.43 Å². The van der Waals surface area contributed by atoms with E-state index in [1.54, 1.807) is 6.07 Å². The van der Waals surface area contributed by atoms with Crippen LogP contribution in [-0.2, 0) is 17.8 Å². The summed E-state index contributed by atoms with van der Waals surface area (Å²) in [4.78, 5) is 15.8. The van der Waals surface area contributed by atoms with Crippen LogP contribution in [0, 0.1) is 0 Å². The Morgan fingerprint density at radius 2 is 1.84 bits per heavy atom. The summed E-state index contributed by atoms with van der Waals surface area (Å²) in [5, 5.41) is 0.633. The molecule has 0 bridgehead atoms. The van der Waals surface area contributed by atoms with E-state index >= 15 is 0 Å². The third-order valence-electron chi connectivity index (χ3n) is 3.59. The zero-order valence-corrected chi connectivity index (χ0v) is 10.3. The third-order valence-corrected chi connectivity index (χ3v) is 3.59. The molecule has 0 atom stereocenters. The quantitative estimate of drug-likeness (QED) is 0.776. The number of aromatic amines is 1. The Kier molecular flexibility index (Phi) is 2.29. The molecular formula is C14H13NO4. The zero-order valence-electron chi connectivity index (χ0n) is 10.3. The predicted octanol–water partition coefficient (Wildman–Crippen LogP) is 1.37. The van der Waals surface area contributed by atoms with E-state index < -0.39 is 0 Å². The molecule has 0 aliphatic carbocycles. The lowest BCUT2D eigenvalue weighted by Gasteiger charge is -2.20. The van der Waals surface area contributed by atoms with E-state index in [0.717, 1.165) is 23.2 Å². The van der Waals surface area contributed by atoms with Gasteiger partial charge in [-0.05, 0) is 6.07 Å². The Bertz CT molecular complexity index is 714. The molecule has 2 aliphatic heterocycles. The van der Waals surface area contributed by atoms with Crippen molar-refractivity contribution in [2.75, 3.05) is 19.8 Å². The number of hydrogen-bond acceptors (Lipinski definition) is 4. The first kappa shape index (κ1) is 10.9. The molecule has 3 heterocycles. The van der Waals surface area contributed by atoms with E-state index in [9.17, 15) is 4.79 Å². The molecule has 19 heavy (non-hydrogen) atoms. The van der Waals surface area contributed by atoms with Gasteiger partial charge < -0.3 is 19.2 Å². The fourth-order valence-corrected chi connectivity index (χ4v) is 2.63. The first-order valence-corrected chi connectivity index (χ1v) is 6.38. The number of rotatable bonds is 0. The fraction of sp³-hybridized carbons (Fsp3) is 0.357. The molecule has 2 aromatic rings. The van der Waals surface area contributed by atoms with E-state index in [1.165, 1.54) is 0 Å². The summed E-state index contributed by atoms with van der Waals surface area (Å²) < 4.78 is 16.4. The summed E-state index contributed by atoms with van der Waals surface area (Å²) in [6.07, 6.45) is 0.745. The molecule has 0 fully saturated rings. The summed E-state index contributed by atoms with van der Waals surface area (Å²) in [7, 11) is 0. The highest BCUT2D eigenvalue weighted by Crippen LogP contribution is 2.33. The molecule has 1 aromatic carbocycles. The van der Waals surface area contributed by atoms with Crippen molar-refractivity contribution in [3.8, 4) is 11.5 Å². The summed E-state index contributed by atoms with van der Waals surface area (Å²) in [5.41, 5.74) is 2.53. The van der Waals surface area contributed by atoms with Crippen molar-refractivity contribution in [1.82, 2.24) is 4.98 Å². The maximum atomic E-state index is 12.5. The molecule has 4 rings (SSSR count). The van der Waals surface area contributed by atoms with Crippen molar-refractivity contribution in [2.45, 2.75) is 13.0 Å². The average Bonchev–Trinajstić information content (AvgIpc) is 2.46. The molecule has 0 unspecified atom stereocenters. The predicted molar refractivity (Wildman–Crippen MR) is 68.9 cm³/mol. The van der Waals surface area contributed by atoms with Gasteiger partial charge in [0.05, 0.1) is 18.7 Å². The highest BCUT2D eigenvalue weighted by atomic mass is 16.6. The van der Waals surface area contributed by atoms with Crippen LogP contribution < -0.4 is 14.9 Å². The van der Waals surface area contributed by atoms with Gasteiger partial charge in [0.15, 0.2) is 16.9 Å². The molecule has 5 nitrogen and oxygen atoms in total. The second-order valence-electron chi connectivity index (χ2n) is 4.76. The van der Waals surface area contributed by atoms with Crippen LogP contribution in [0.1, 0.15) is 11.3 Å². The lowest BCUT2D eigenvalue weighted by Crippen LogP contribution is -2.22. The van der Waals surface area contributed by atoms with Gasteiger partial charge in [-0.25, -0.2) is 0 Å². The molecule has 0 saturated carbocycles. The molecule has 0 amide bonds. The molecule has 98 valence electrons. The van der Waals surface area contributed by atoms with Crippen LogP contribution in [0.25, 0.3) is 10.9 Å². The van der Waals surface area contributed by atoms with Crippen LogP contribution >= 0.6 is 0 Å². The van der Waals surface area contributed by atoms with Gasteiger partial charge in [-0.15, -0.1) is 0 Å². The van der Waals surface area contributed by atoms with Crippen molar-refractivity contribution < 1.29 is 14.2 Å². The van der Waals surface area contributed by atoms with Crippen LogP contribution in [0.2, 0.25) is 0 Å². The Balaban J connectivity index is 2.02. The Hall–Kier alpha value is -2.01. The molecule has 1 aromatic heterocycles. The van der Waals surface area contributed by atoms with E-state index in [4.69, 9.17) is 14.2 Å². The SMILES string of the molecule is O=c1c2c([nH]c3cc4c(cc13)OCCO4)CCOC2. The average molecular weight is 259 g/mol. The lowest BCUT2D eigenvalue weighted by molar-refractivity contribution is 0.108. The van der Waals surface area contributed by atoms with Gasteiger partial charge in [-0.3, -0.25) is 4.79 Å². The molecule has 5 heteroatoms. The first-order valence-electron chi connectivity index (χ1n) is 6.38. The van der Waals surface area contributed by atoms with Crippen molar-refractivity contribution >= 4 is 10.9 Å². The summed E-state index contributed by atoms with van der Waals surface area (Å²) in [6.45, 7) is 2.10. The number of aromatic nitrogens is 1. The fourth-order valence-electron chi connectivity index (χ4n) is 2.63. The highest BCUT2D eigenvalue weighted by molar-refractivity contribution is 5.83. The molecule has 0 radical (unpaired) electrons. The topological polar surface area (TPSA) is 60.6 Å². The van der Waals surface area contributed by atoms with Gasteiger partial charge in [0, 0.05) is 29.1 Å². The van der Waals surface area contributed by atoms with E-state index in [1.807, 2.05) is 6.07 Å². The van der Waals surface area contributed by atoms with E-state index in [2.05, 4.69) is 4.98 Å². The summed E-state index contributed by atoms with van der Waals surface area (Å²) in [5.74, 6) is 1.34. The summed E-state index contributed by atoms with van der Waals surface area (Å²) in [6, 6.07) is 3.61. The Morgan fingerprint density at radius 3 is 2.68 bits per heavy atom. The number of ether oxygens (including phenoxy) is 3. The Labute approximate surface area is 109 Å². The second kappa shape index (κ2) is 3.99. The smallest absolute Gasteiger partial charge is 0.195 e. The largest absolute Gasteiger partial charge is 0.486 e. The van der Waals surface area contributed by atoms with Crippen molar-refractivity contribution in [2.24, 2.45) is 0 Å². The first-order chi connectivity index (χ1) is 9.33. The van der Waals surface area contributed by atoms with Crippen LogP contribution in [0.15, 0.2) is 16.9 Å². The van der Waals surface area contributed by atoms with Gasteiger partial charge >= 0.3 is 0 Å². The Morgan fingerprint density at radius 1 is 1.05 bits per heavy atom. The molecule has 2 aliphatic rings. The maximum Gasteiger partial charge on any atom is 0.195 e. The van der Waals surface area contributed by atoms with Crippen LogP contribution in [-0.4, -0.2) is 24.8 Å². The van der Waals surface area contributed by atoms with Gasteiger partial charge in [0.1, 0.15) is 13.2 Å². The van der Waals surface area contributed by atoms with Gasteiger partial charge in [0.25, 0.3) is 0 Å². The number of benzene rings is 1. The van der Waals surface area contributed by atoms with Crippen LogP contribution in [0.3, 0.4) is 0 Å². The minimum absolute atomic E-state index is 0.0282. The van der Waals surface area contributed by atoms with Crippen LogP contribution in [0.4, 0.5) is 0 Å². The normalized spacial score (nSPS) is 17.3. The highest BCUT2D eigenvalue weighted by Gasteiger charge is 2.19. The molecule has 0 saturated heterocycles. The van der Waals surface area contributed by atoms with E-state index in [0.29, 0.717) is 43.3 Å². The lowest BCUT2D eigenvalue weighted by atomic mass is 10.0. The van der Waals surface area contributed by atoms with Crippen molar-refractivity contribution in [3.63, 3.8) is 0 Å². The number of H-pyrrole nitrogens is 1. The van der Waals surface area contributed by atoms with Crippen LogP contribution in [0.5, 0.6) is 11.5 Å². The molecule has 1 N–H and O–H groups in total. The summed E-state index contributed by atoms with van der Waals surface area (Å²) >= 11 is 0. The number of fused-ring (bicyclic) bond motifs is 3. The monoisotopic (exact) mass is 259 g/mol. The number of nitrogens with one attached hydrogen (secondary N) is 1. The standard InChI is InChI=1S/C14H13NO4/c16-14-8-5-12-13(19-4-3-18-12)6-11(8)15-10-1-2-17-7-9(10)14/h5-6H,1-4,7H2,(H,15,16). The molecular weight excluding hydrogens is 246 g/mol. The zero-order chi connectivity index (χ0) is 12.8. The number of pyridine rings is 1. The van der Waals surface area contributed by atoms with Gasteiger partial charge in [0.2, 0.25) is 0 Å². The second-order valence-corrected chi connectivity index (χ2v) is 4.76. The van der Waals surface area contributed by atoms with Crippen molar-refractivity contribution in [3.05, 3.63) is 33.6 Å². The maximum absolute atomic E-state index is 12.5. The van der Waals surface area contributed by atoms with Gasteiger partial charge in [-0.1, -0.05) is 0 Å². The minimum Gasteiger partial charge on any atom is -0.486 e.